The lowest BCUT2D eigenvalue weighted by Crippen LogP contribution is -2.15. The number of hydrogen-bond donors (Lipinski definition) is 0. The van der Waals surface area contributed by atoms with Gasteiger partial charge in [-0.1, -0.05) is 102 Å². The van der Waals surface area contributed by atoms with E-state index in [9.17, 15) is 4.79 Å². The molecule has 0 radical (unpaired) electrons. The number of carbonyl (C=O) groups excluding carboxylic acids is 1. The molecule has 0 aliphatic heterocycles. The third-order valence-corrected chi connectivity index (χ3v) is 8.32. The fourth-order valence-electron chi connectivity index (χ4n) is 5.73. The molecule has 1 aliphatic carbocycles. The summed E-state index contributed by atoms with van der Waals surface area (Å²) in [7, 11) is 0. The summed E-state index contributed by atoms with van der Waals surface area (Å²) < 4.78 is 11.4. The zero-order chi connectivity index (χ0) is 27.5. The first-order chi connectivity index (χ1) is 19.2. The van der Waals surface area contributed by atoms with Gasteiger partial charge >= 0.3 is 5.97 Å². The van der Waals surface area contributed by atoms with Crippen molar-refractivity contribution in [3.05, 3.63) is 72.3 Å². The van der Waals surface area contributed by atoms with Crippen LogP contribution in [0.25, 0.3) is 0 Å². The molecule has 0 amide bonds. The molecule has 0 N–H and O–H groups in total. The summed E-state index contributed by atoms with van der Waals surface area (Å²) in [5, 5.41) is 0. The Hall–Kier alpha value is -2.55. The van der Waals surface area contributed by atoms with E-state index in [4.69, 9.17) is 9.47 Å². The average molecular weight is 533 g/mol. The van der Waals surface area contributed by atoms with Crippen LogP contribution < -0.4 is 9.47 Å². The standard InChI is InChI=1S/C36H52O3/c1-3-5-7-9-11-13-29-38-34-27-23-33(24-28-34)36(37)39-35-25-21-32(22-26-35)20-19-31-17-15-30(16-18-31)14-12-10-8-6-4-2/h3,21-28,30-31H,1,4-20,29H2,2H3. The van der Waals surface area contributed by atoms with Gasteiger partial charge in [-0.2, -0.15) is 0 Å². The fourth-order valence-corrected chi connectivity index (χ4v) is 5.73. The molecule has 39 heavy (non-hydrogen) atoms. The van der Waals surface area contributed by atoms with Crippen LogP contribution in [0.3, 0.4) is 0 Å². The Morgan fingerprint density at radius 2 is 1.38 bits per heavy atom. The Morgan fingerprint density at radius 1 is 0.769 bits per heavy atom. The second kappa shape index (κ2) is 18.7. The van der Waals surface area contributed by atoms with Gasteiger partial charge in [-0.3, -0.25) is 0 Å². The lowest BCUT2D eigenvalue weighted by Gasteiger charge is -2.28. The van der Waals surface area contributed by atoms with E-state index in [0.29, 0.717) is 17.9 Å². The zero-order valence-corrected chi connectivity index (χ0v) is 24.5. The first-order valence-corrected chi connectivity index (χ1v) is 15.8. The monoisotopic (exact) mass is 532 g/mol. The van der Waals surface area contributed by atoms with Crippen molar-refractivity contribution in [2.75, 3.05) is 6.61 Å². The molecule has 1 aliphatic rings. The second-order valence-corrected chi connectivity index (χ2v) is 11.5. The number of ether oxygens (including phenoxy) is 2. The number of allylic oxidation sites excluding steroid dienone is 1. The molecule has 0 unspecified atom stereocenters. The molecule has 3 heteroatoms. The summed E-state index contributed by atoms with van der Waals surface area (Å²) in [6, 6.07) is 15.3. The third kappa shape index (κ3) is 12.4. The van der Waals surface area contributed by atoms with Crippen LogP contribution in [0.1, 0.15) is 126 Å². The first kappa shape index (κ1) is 31.0. The van der Waals surface area contributed by atoms with E-state index in [0.717, 1.165) is 43.3 Å². The largest absolute Gasteiger partial charge is 0.494 e. The Morgan fingerprint density at radius 3 is 2.08 bits per heavy atom. The van der Waals surface area contributed by atoms with Gasteiger partial charge in [0.25, 0.3) is 0 Å². The van der Waals surface area contributed by atoms with Gasteiger partial charge in [0, 0.05) is 0 Å². The molecule has 1 saturated carbocycles. The van der Waals surface area contributed by atoms with Gasteiger partial charge in [0.15, 0.2) is 0 Å². The minimum absolute atomic E-state index is 0.335. The summed E-state index contributed by atoms with van der Waals surface area (Å²) in [5.41, 5.74) is 1.86. The predicted molar refractivity (Wildman–Crippen MR) is 164 cm³/mol. The van der Waals surface area contributed by atoms with Crippen LogP contribution in [0.2, 0.25) is 0 Å². The minimum Gasteiger partial charge on any atom is -0.494 e. The third-order valence-electron chi connectivity index (χ3n) is 8.32. The van der Waals surface area contributed by atoms with Gasteiger partial charge in [-0.05, 0) is 85.9 Å². The van der Waals surface area contributed by atoms with E-state index in [2.05, 4.69) is 25.6 Å². The summed E-state index contributed by atoms with van der Waals surface area (Å²) in [6.45, 7) is 6.74. The summed E-state index contributed by atoms with van der Waals surface area (Å²) in [6.07, 6.45) is 24.2. The first-order valence-electron chi connectivity index (χ1n) is 15.8. The molecule has 3 nitrogen and oxygen atoms in total. The molecule has 3 rings (SSSR count). The highest BCUT2D eigenvalue weighted by atomic mass is 16.5. The van der Waals surface area contributed by atoms with Crippen molar-refractivity contribution in [3.8, 4) is 11.5 Å². The lowest BCUT2D eigenvalue weighted by atomic mass is 9.78. The maximum atomic E-state index is 12.6. The molecule has 2 aromatic rings. The van der Waals surface area contributed by atoms with Gasteiger partial charge in [-0.15, -0.1) is 6.58 Å². The SMILES string of the molecule is C=CCCCCCCOc1ccc(C(=O)Oc2ccc(CCC3CCC(CCCCCCC)CC3)cc2)cc1. The fraction of sp³-hybridized carbons (Fsp3) is 0.583. The summed E-state index contributed by atoms with van der Waals surface area (Å²) in [5.74, 6) is 2.90. The highest BCUT2D eigenvalue weighted by Gasteiger charge is 2.20. The lowest BCUT2D eigenvalue weighted by molar-refractivity contribution is 0.0734. The second-order valence-electron chi connectivity index (χ2n) is 11.5. The Balaban J connectivity index is 1.30. The molecule has 214 valence electrons. The Bertz CT molecular complexity index is 923. The minimum atomic E-state index is -0.335. The molecular weight excluding hydrogens is 480 g/mol. The van der Waals surface area contributed by atoms with Gasteiger partial charge < -0.3 is 9.47 Å². The maximum absolute atomic E-state index is 12.6. The summed E-state index contributed by atoms with van der Waals surface area (Å²) >= 11 is 0. The Kier molecular flexibility index (Phi) is 14.8. The van der Waals surface area contributed by atoms with E-state index < -0.39 is 0 Å². The molecule has 2 aromatic carbocycles. The van der Waals surface area contributed by atoms with Crippen molar-refractivity contribution in [2.45, 2.75) is 116 Å². The molecule has 0 atom stereocenters. The van der Waals surface area contributed by atoms with Crippen LogP contribution >= 0.6 is 0 Å². The molecule has 0 heterocycles. The number of rotatable bonds is 19. The number of aryl methyl sites for hydroxylation is 1. The van der Waals surface area contributed by atoms with Crippen LogP contribution in [-0.2, 0) is 6.42 Å². The molecule has 0 aromatic heterocycles. The number of carbonyl (C=O) groups is 1. The van der Waals surface area contributed by atoms with Crippen LogP contribution in [0.4, 0.5) is 0 Å². The number of esters is 1. The number of benzene rings is 2. The van der Waals surface area contributed by atoms with E-state index in [1.807, 2.05) is 30.3 Å². The molecule has 0 saturated heterocycles. The molecule has 0 bridgehead atoms. The number of unbranched alkanes of at least 4 members (excludes halogenated alkanes) is 8. The summed E-state index contributed by atoms with van der Waals surface area (Å²) in [4.78, 5) is 12.6. The van der Waals surface area contributed by atoms with Gasteiger partial charge in [0.05, 0.1) is 12.2 Å². The van der Waals surface area contributed by atoms with E-state index in [1.54, 1.807) is 12.1 Å². The van der Waals surface area contributed by atoms with Crippen LogP contribution in [0, 0.1) is 11.8 Å². The van der Waals surface area contributed by atoms with Gasteiger partial charge in [0.2, 0.25) is 0 Å². The van der Waals surface area contributed by atoms with Crippen molar-refractivity contribution in [3.63, 3.8) is 0 Å². The molecular formula is C36H52O3. The molecule has 1 fully saturated rings. The van der Waals surface area contributed by atoms with Crippen LogP contribution in [0.5, 0.6) is 11.5 Å². The average Bonchev–Trinajstić information content (AvgIpc) is 2.97. The van der Waals surface area contributed by atoms with Gasteiger partial charge in [0.1, 0.15) is 11.5 Å². The smallest absolute Gasteiger partial charge is 0.343 e. The quantitative estimate of drug-likeness (QED) is 0.0781. The molecule has 0 spiro atoms. The van der Waals surface area contributed by atoms with E-state index >= 15 is 0 Å². The number of hydrogen-bond acceptors (Lipinski definition) is 3. The van der Waals surface area contributed by atoms with Crippen molar-refractivity contribution < 1.29 is 14.3 Å². The van der Waals surface area contributed by atoms with Crippen LogP contribution in [-0.4, -0.2) is 12.6 Å². The highest BCUT2D eigenvalue weighted by Crippen LogP contribution is 2.34. The van der Waals surface area contributed by atoms with E-state index in [1.165, 1.54) is 89.0 Å². The topological polar surface area (TPSA) is 35.5 Å². The van der Waals surface area contributed by atoms with Crippen LogP contribution in [0.15, 0.2) is 61.2 Å². The van der Waals surface area contributed by atoms with Crippen molar-refractivity contribution in [1.82, 2.24) is 0 Å². The Labute approximate surface area is 238 Å². The van der Waals surface area contributed by atoms with E-state index in [-0.39, 0.29) is 5.97 Å². The van der Waals surface area contributed by atoms with Crippen molar-refractivity contribution in [2.24, 2.45) is 11.8 Å². The van der Waals surface area contributed by atoms with Crippen molar-refractivity contribution >= 4 is 5.97 Å². The van der Waals surface area contributed by atoms with Gasteiger partial charge in [-0.25, -0.2) is 4.79 Å². The highest BCUT2D eigenvalue weighted by molar-refractivity contribution is 5.91. The van der Waals surface area contributed by atoms with Crippen molar-refractivity contribution in [1.29, 1.82) is 0 Å². The zero-order valence-electron chi connectivity index (χ0n) is 24.5. The predicted octanol–water partition coefficient (Wildman–Crippen LogP) is 10.5. The maximum Gasteiger partial charge on any atom is 0.343 e. The normalized spacial score (nSPS) is 17.1.